The fraction of sp³-hybridized carbons (Fsp3) is 0.263. The highest BCUT2D eigenvalue weighted by Gasteiger charge is 2.17. The van der Waals surface area contributed by atoms with Crippen LogP contribution in [-0.2, 0) is 0 Å². The average Bonchev–Trinajstić information content (AvgIpc) is 3.14. The van der Waals surface area contributed by atoms with E-state index in [1.807, 2.05) is 31.4 Å². The number of ether oxygens (including phenoxy) is 1. The van der Waals surface area contributed by atoms with Crippen LogP contribution in [0.4, 0.5) is 13.2 Å². The van der Waals surface area contributed by atoms with Gasteiger partial charge < -0.3 is 14.3 Å². The van der Waals surface area contributed by atoms with Crippen LogP contribution in [0.3, 0.4) is 0 Å². The topological polar surface area (TPSA) is 55.7 Å². The molecule has 4 aromatic rings. The van der Waals surface area contributed by atoms with Gasteiger partial charge in [-0.15, -0.1) is 0 Å². The molecule has 1 aromatic carbocycles. The van der Waals surface area contributed by atoms with Crippen molar-refractivity contribution in [2.24, 2.45) is 0 Å². The summed E-state index contributed by atoms with van der Waals surface area (Å²) in [5, 5.41) is 0.683. The molecule has 0 amide bonds. The largest absolute Gasteiger partial charge is 0.417 e. The molecule has 1 N–H and O–H groups in total. The van der Waals surface area contributed by atoms with Crippen LogP contribution >= 0.6 is 0 Å². The number of aromatic nitrogens is 4. The molecule has 140 valence electrons. The van der Waals surface area contributed by atoms with E-state index in [9.17, 15) is 13.2 Å². The molecule has 0 saturated carbocycles. The molecule has 3 aromatic heterocycles. The van der Waals surface area contributed by atoms with Crippen LogP contribution in [0.1, 0.15) is 25.7 Å². The number of hydrogen-bond donors (Lipinski definition) is 1. The fourth-order valence-electron chi connectivity index (χ4n) is 3.46. The van der Waals surface area contributed by atoms with Crippen molar-refractivity contribution in [3.63, 3.8) is 0 Å². The van der Waals surface area contributed by atoms with Crippen molar-refractivity contribution in [2.75, 3.05) is 0 Å². The standard InChI is InChI=1S/C19H17F3N4O/c1-9(2)26-10(3)24-17-14(20)6-11(7-15(17)26)13-8-23-18-12(13)4-5-16(25-18)27-19(21)22/h4-9,19H,1-3H3,(H,23,25). The van der Waals surface area contributed by atoms with Crippen LogP contribution < -0.4 is 4.74 Å². The van der Waals surface area contributed by atoms with E-state index >= 15 is 0 Å². The second-order valence-corrected chi connectivity index (χ2v) is 6.58. The molecule has 4 rings (SSSR count). The highest BCUT2D eigenvalue weighted by atomic mass is 19.3. The molecular formula is C19H17F3N4O. The minimum absolute atomic E-state index is 0.128. The molecule has 0 fully saturated rings. The second-order valence-electron chi connectivity index (χ2n) is 6.58. The Hall–Kier alpha value is -3.03. The maximum absolute atomic E-state index is 14.7. The third kappa shape index (κ3) is 2.90. The van der Waals surface area contributed by atoms with Crippen molar-refractivity contribution in [2.45, 2.75) is 33.4 Å². The number of rotatable bonds is 4. The molecule has 0 bridgehead atoms. The van der Waals surface area contributed by atoms with Crippen molar-refractivity contribution >= 4 is 22.1 Å². The molecule has 0 aliphatic heterocycles. The molecule has 0 saturated heterocycles. The number of fused-ring (bicyclic) bond motifs is 2. The van der Waals surface area contributed by atoms with E-state index in [2.05, 4.69) is 19.7 Å². The minimum atomic E-state index is -2.94. The van der Waals surface area contributed by atoms with Gasteiger partial charge in [-0.05, 0) is 44.5 Å². The summed E-state index contributed by atoms with van der Waals surface area (Å²) in [7, 11) is 0. The van der Waals surface area contributed by atoms with Gasteiger partial charge in [0.1, 0.15) is 17.0 Å². The minimum Gasteiger partial charge on any atom is -0.417 e. The van der Waals surface area contributed by atoms with Gasteiger partial charge in [-0.3, -0.25) is 0 Å². The third-order valence-electron chi connectivity index (χ3n) is 4.48. The van der Waals surface area contributed by atoms with Crippen molar-refractivity contribution in [3.8, 4) is 17.0 Å². The molecule has 27 heavy (non-hydrogen) atoms. The number of hydrogen-bond acceptors (Lipinski definition) is 3. The Balaban J connectivity index is 1.88. The maximum Gasteiger partial charge on any atom is 0.388 e. The summed E-state index contributed by atoms with van der Waals surface area (Å²) in [5.41, 5.74) is 2.79. The van der Waals surface area contributed by atoms with Crippen LogP contribution in [0.15, 0.2) is 30.5 Å². The highest BCUT2D eigenvalue weighted by Crippen LogP contribution is 2.33. The summed E-state index contributed by atoms with van der Waals surface area (Å²) in [6.45, 7) is 2.93. The summed E-state index contributed by atoms with van der Waals surface area (Å²) in [6.07, 6.45) is 1.67. The zero-order valence-electron chi connectivity index (χ0n) is 14.9. The van der Waals surface area contributed by atoms with Gasteiger partial charge in [0.15, 0.2) is 5.82 Å². The molecule has 0 radical (unpaired) electrons. The Bertz CT molecular complexity index is 1150. The normalized spacial score (nSPS) is 12.0. The van der Waals surface area contributed by atoms with Crippen LogP contribution in [0.5, 0.6) is 5.88 Å². The molecule has 3 heterocycles. The van der Waals surface area contributed by atoms with E-state index < -0.39 is 12.4 Å². The number of benzene rings is 1. The first-order valence-electron chi connectivity index (χ1n) is 8.46. The van der Waals surface area contributed by atoms with E-state index in [1.54, 1.807) is 12.3 Å². The quantitative estimate of drug-likeness (QED) is 0.533. The van der Waals surface area contributed by atoms with E-state index in [0.29, 0.717) is 27.6 Å². The van der Waals surface area contributed by atoms with Crippen molar-refractivity contribution in [3.05, 3.63) is 42.1 Å². The third-order valence-corrected chi connectivity index (χ3v) is 4.48. The van der Waals surface area contributed by atoms with Crippen LogP contribution in [0.2, 0.25) is 0 Å². The first-order chi connectivity index (χ1) is 12.8. The molecule has 0 spiro atoms. The Morgan fingerprint density at radius 3 is 2.63 bits per heavy atom. The van der Waals surface area contributed by atoms with E-state index in [-0.39, 0.29) is 11.9 Å². The van der Waals surface area contributed by atoms with Gasteiger partial charge in [0, 0.05) is 29.3 Å². The second kappa shape index (κ2) is 6.29. The Morgan fingerprint density at radius 1 is 1.15 bits per heavy atom. The van der Waals surface area contributed by atoms with Crippen LogP contribution in [0, 0.1) is 12.7 Å². The summed E-state index contributed by atoms with van der Waals surface area (Å²) < 4.78 is 45.7. The monoisotopic (exact) mass is 374 g/mol. The van der Waals surface area contributed by atoms with Crippen molar-refractivity contribution in [1.82, 2.24) is 19.5 Å². The first-order valence-corrected chi connectivity index (χ1v) is 8.46. The van der Waals surface area contributed by atoms with Crippen molar-refractivity contribution < 1.29 is 17.9 Å². The van der Waals surface area contributed by atoms with Gasteiger partial charge in [0.05, 0.1) is 5.52 Å². The Labute approximate surface area is 152 Å². The number of nitrogens with zero attached hydrogens (tertiary/aromatic N) is 3. The number of pyridine rings is 1. The number of alkyl halides is 2. The highest BCUT2D eigenvalue weighted by molar-refractivity contribution is 5.96. The van der Waals surface area contributed by atoms with E-state index in [1.165, 1.54) is 12.1 Å². The number of aryl methyl sites for hydroxylation is 1. The van der Waals surface area contributed by atoms with E-state index in [4.69, 9.17) is 0 Å². The Kier molecular flexibility index (Phi) is 4.05. The predicted molar refractivity (Wildman–Crippen MR) is 96.5 cm³/mol. The van der Waals surface area contributed by atoms with Gasteiger partial charge in [0.2, 0.25) is 5.88 Å². The lowest BCUT2D eigenvalue weighted by Crippen LogP contribution is -2.03. The Morgan fingerprint density at radius 2 is 1.93 bits per heavy atom. The SMILES string of the molecule is Cc1nc2c(F)cc(-c3c[nH]c4nc(OC(F)F)ccc34)cc2n1C(C)C. The summed E-state index contributed by atoms with van der Waals surface area (Å²) in [5.74, 6) is 0.149. The van der Waals surface area contributed by atoms with Crippen LogP contribution in [-0.4, -0.2) is 26.1 Å². The van der Waals surface area contributed by atoms with Gasteiger partial charge >= 0.3 is 6.61 Å². The molecule has 0 aliphatic carbocycles. The van der Waals surface area contributed by atoms with Gasteiger partial charge in [-0.1, -0.05) is 0 Å². The lowest BCUT2D eigenvalue weighted by atomic mass is 10.0. The molecule has 0 unspecified atom stereocenters. The van der Waals surface area contributed by atoms with Gasteiger partial charge in [0.25, 0.3) is 0 Å². The predicted octanol–water partition coefficient (Wildman–Crippen LogP) is 5.21. The van der Waals surface area contributed by atoms with Gasteiger partial charge in [-0.25, -0.2) is 9.37 Å². The fourth-order valence-corrected chi connectivity index (χ4v) is 3.46. The lowest BCUT2D eigenvalue weighted by Gasteiger charge is -2.11. The lowest BCUT2D eigenvalue weighted by molar-refractivity contribution is -0.0526. The molecule has 5 nitrogen and oxygen atoms in total. The van der Waals surface area contributed by atoms with Crippen molar-refractivity contribution in [1.29, 1.82) is 0 Å². The summed E-state index contributed by atoms with van der Waals surface area (Å²) >= 11 is 0. The molecule has 8 heteroatoms. The zero-order valence-corrected chi connectivity index (χ0v) is 14.9. The number of H-pyrrole nitrogens is 1. The molecule has 0 atom stereocenters. The summed E-state index contributed by atoms with van der Waals surface area (Å²) in [6, 6.07) is 6.42. The smallest absolute Gasteiger partial charge is 0.388 e. The number of imidazole rings is 1. The number of aromatic amines is 1. The zero-order chi connectivity index (χ0) is 19.3. The van der Waals surface area contributed by atoms with E-state index in [0.717, 1.165) is 11.4 Å². The average molecular weight is 374 g/mol. The molecular weight excluding hydrogens is 357 g/mol. The number of halogens is 3. The maximum atomic E-state index is 14.7. The first kappa shape index (κ1) is 17.4. The number of nitrogens with one attached hydrogen (secondary N) is 1. The van der Waals surface area contributed by atoms with Gasteiger partial charge in [-0.2, -0.15) is 13.8 Å². The molecule has 0 aliphatic rings. The summed E-state index contributed by atoms with van der Waals surface area (Å²) in [4.78, 5) is 11.3. The van der Waals surface area contributed by atoms with Crippen LogP contribution in [0.25, 0.3) is 33.2 Å².